The molecule has 1 unspecified atom stereocenters. The molecule has 1 atom stereocenters. The summed E-state index contributed by atoms with van der Waals surface area (Å²) in [5.74, 6) is 1.51. The van der Waals surface area contributed by atoms with E-state index >= 15 is 0 Å². The highest BCUT2D eigenvalue weighted by Gasteiger charge is 2.14. The van der Waals surface area contributed by atoms with Gasteiger partial charge in [0.25, 0.3) is 0 Å². The van der Waals surface area contributed by atoms with Gasteiger partial charge in [0.15, 0.2) is 5.96 Å². The Labute approximate surface area is 163 Å². The van der Waals surface area contributed by atoms with Crippen LogP contribution in [0.1, 0.15) is 32.4 Å². The van der Waals surface area contributed by atoms with Gasteiger partial charge in [-0.3, -0.25) is 9.98 Å². The van der Waals surface area contributed by atoms with Gasteiger partial charge in [-0.2, -0.15) is 0 Å². The zero-order chi connectivity index (χ0) is 16.3. The standard InChI is InChI=1S/C18H31N5.HI/c1-3-19-18(21-11-9-17-8-4-5-10-20-17)22-14-16(2)15-23-12-6-7-13-23;/h4-5,8,10,16H,3,6-7,9,11-15H2,1-2H3,(H2,19,21,22);1H. The van der Waals surface area contributed by atoms with E-state index in [1.807, 2.05) is 18.3 Å². The van der Waals surface area contributed by atoms with Crippen molar-refractivity contribution in [2.24, 2.45) is 10.9 Å². The first-order valence-corrected chi connectivity index (χ1v) is 8.92. The van der Waals surface area contributed by atoms with Gasteiger partial charge in [0.05, 0.1) is 0 Å². The van der Waals surface area contributed by atoms with Crippen LogP contribution in [0.2, 0.25) is 0 Å². The second kappa shape index (κ2) is 12.5. The second-order valence-corrected chi connectivity index (χ2v) is 6.33. The van der Waals surface area contributed by atoms with E-state index in [9.17, 15) is 0 Å². The van der Waals surface area contributed by atoms with Crippen LogP contribution in [0.25, 0.3) is 0 Å². The molecule has 1 aromatic heterocycles. The first kappa shape index (κ1) is 21.2. The molecule has 1 fully saturated rings. The summed E-state index contributed by atoms with van der Waals surface area (Å²) in [4.78, 5) is 11.6. The largest absolute Gasteiger partial charge is 0.357 e. The van der Waals surface area contributed by atoms with Gasteiger partial charge < -0.3 is 15.5 Å². The van der Waals surface area contributed by atoms with Crippen LogP contribution in [0.15, 0.2) is 29.4 Å². The summed E-state index contributed by atoms with van der Waals surface area (Å²) in [6, 6.07) is 6.04. The summed E-state index contributed by atoms with van der Waals surface area (Å²) < 4.78 is 0. The number of hydrogen-bond donors (Lipinski definition) is 2. The van der Waals surface area contributed by atoms with Gasteiger partial charge in [0.2, 0.25) is 0 Å². The van der Waals surface area contributed by atoms with Gasteiger partial charge in [-0.25, -0.2) is 0 Å². The van der Waals surface area contributed by atoms with Crippen molar-refractivity contribution >= 4 is 29.9 Å². The Morgan fingerprint density at radius 2 is 2.08 bits per heavy atom. The molecule has 0 radical (unpaired) electrons. The van der Waals surface area contributed by atoms with Gasteiger partial charge in [-0.1, -0.05) is 13.0 Å². The number of aliphatic imine (C=N–C) groups is 1. The van der Waals surface area contributed by atoms with E-state index in [1.54, 1.807) is 0 Å². The smallest absolute Gasteiger partial charge is 0.191 e. The fourth-order valence-corrected chi connectivity index (χ4v) is 2.91. The summed E-state index contributed by atoms with van der Waals surface area (Å²) in [7, 11) is 0. The monoisotopic (exact) mass is 445 g/mol. The van der Waals surface area contributed by atoms with Crippen molar-refractivity contribution in [3.05, 3.63) is 30.1 Å². The van der Waals surface area contributed by atoms with Crippen molar-refractivity contribution in [3.63, 3.8) is 0 Å². The average molecular weight is 445 g/mol. The molecule has 2 rings (SSSR count). The molecule has 0 amide bonds. The SMILES string of the molecule is CCNC(=NCC(C)CN1CCCC1)NCCc1ccccn1.I. The number of nitrogens with one attached hydrogen (secondary N) is 2. The molecular weight excluding hydrogens is 413 g/mol. The molecule has 1 aromatic rings. The Balaban J connectivity index is 0.00000288. The van der Waals surface area contributed by atoms with Crippen molar-refractivity contribution in [3.8, 4) is 0 Å². The van der Waals surface area contributed by atoms with Crippen LogP contribution >= 0.6 is 24.0 Å². The minimum atomic E-state index is 0. The highest BCUT2D eigenvalue weighted by Crippen LogP contribution is 2.10. The van der Waals surface area contributed by atoms with Crippen molar-refractivity contribution < 1.29 is 0 Å². The summed E-state index contributed by atoms with van der Waals surface area (Å²) in [6.07, 6.45) is 5.46. The summed E-state index contributed by atoms with van der Waals surface area (Å²) in [5, 5.41) is 6.73. The molecular formula is C18H32IN5. The average Bonchev–Trinajstić information content (AvgIpc) is 3.06. The summed E-state index contributed by atoms with van der Waals surface area (Å²) in [5.41, 5.74) is 1.11. The molecule has 0 aliphatic carbocycles. The number of likely N-dealkylation sites (tertiary alicyclic amines) is 1. The molecule has 1 saturated heterocycles. The van der Waals surface area contributed by atoms with E-state index < -0.39 is 0 Å². The highest BCUT2D eigenvalue weighted by molar-refractivity contribution is 14.0. The Morgan fingerprint density at radius 3 is 2.75 bits per heavy atom. The topological polar surface area (TPSA) is 52.6 Å². The Hall–Kier alpha value is -0.890. The predicted octanol–water partition coefficient (Wildman–Crippen LogP) is 2.53. The van der Waals surface area contributed by atoms with Crippen LogP contribution in [-0.2, 0) is 6.42 Å². The number of halogens is 1. The predicted molar refractivity (Wildman–Crippen MR) is 112 cm³/mol. The lowest BCUT2D eigenvalue weighted by Gasteiger charge is -2.19. The highest BCUT2D eigenvalue weighted by atomic mass is 127. The number of nitrogens with zero attached hydrogens (tertiary/aromatic N) is 3. The van der Waals surface area contributed by atoms with Gasteiger partial charge in [0.1, 0.15) is 0 Å². The third kappa shape index (κ3) is 8.28. The van der Waals surface area contributed by atoms with Gasteiger partial charge in [-0.15, -0.1) is 24.0 Å². The minimum absolute atomic E-state index is 0. The zero-order valence-electron chi connectivity index (χ0n) is 15.0. The Bertz CT molecular complexity index is 460. The van der Waals surface area contributed by atoms with E-state index in [0.717, 1.165) is 44.3 Å². The Morgan fingerprint density at radius 1 is 1.29 bits per heavy atom. The van der Waals surface area contributed by atoms with Crippen LogP contribution in [0, 0.1) is 5.92 Å². The first-order chi connectivity index (χ1) is 11.3. The van der Waals surface area contributed by atoms with Crippen LogP contribution < -0.4 is 10.6 Å². The van der Waals surface area contributed by atoms with E-state index in [4.69, 9.17) is 4.99 Å². The van der Waals surface area contributed by atoms with E-state index in [-0.39, 0.29) is 24.0 Å². The lowest BCUT2D eigenvalue weighted by atomic mass is 10.2. The second-order valence-electron chi connectivity index (χ2n) is 6.33. The Kier molecular flexibility index (Phi) is 11.0. The van der Waals surface area contributed by atoms with Gasteiger partial charge >= 0.3 is 0 Å². The molecule has 136 valence electrons. The number of aromatic nitrogens is 1. The van der Waals surface area contributed by atoms with Crippen LogP contribution in [-0.4, -0.2) is 55.1 Å². The number of hydrogen-bond acceptors (Lipinski definition) is 3. The quantitative estimate of drug-likeness (QED) is 0.367. The molecule has 0 spiro atoms. The maximum Gasteiger partial charge on any atom is 0.191 e. The van der Waals surface area contributed by atoms with E-state index in [0.29, 0.717) is 5.92 Å². The molecule has 1 aliphatic rings. The summed E-state index contributed by atoms with van der Waals surface area (Å²) >= 11 is 0. The maximum absolute atomic E-state index is 4.73. The molecule has 6 heteroatoms. The number of rotatable bonds is 8. The zero-order valence-corrected chi connectivity index (χ0v) is 17.3. The molecule has 24 heavy (non-hydrogen) atoms. The summed E-state index contributed by atoms with van der Waals surface area (Å²) in [6.45, 7) is 10.7. The normalized spacial score (nSPS) is 16.5. The molecule has 0 aromatic carbocycles. The third-order valence-corrected chi connectivity index (χ3v) is 4.07. The van der Waals surface area contributed by atoms with Gasteiger partial charge in [0, 0.05) is 44.5 Å². The molecule has 2 N–H and O–H groups in total. The number of guanidine groups is 1. The van der Waals surface area contributed by atoms with Crippen molar-refractivity contribution in [2.45, 2.75) is 33.1 Å². The van der Waals surface area contributed by atoms with E-state index in [2.05, 4.69) is 40.4 Å². The van der Waals surface area contributed by atoms with Crippen LogP contribution in [0.5, 0.6) is 0 Å². The lowest BCUT2D eigenvalue weighted by Crippen LogP contribution is -2.39. The van der Waals surface area contributed by atoms with Crippen molar-refractivity contribution in [2.75, 3.05) is 39.3 Å². The fourth-order valence-electron chi connectivity index (χ4n) is 2.91. The molecule has 2 heterocycles. The molecule has 0 bridgehead atoms. The molecule has 0 saturated carbocycles. The van der Waals surface area contributed by atoms with E-state index in [1.165, 1.54) is 25.9 Å². The third-order valence-electron chi connectivity index (χ3n) is 4.07. The van der Waals surface area contributed by atoms with Gasteiger partial charge in [-0.05, 0) is 50.9 Å². The minimum Gasteiger partial charge on any atom is -0.357 e. The number of pyridine rings is 1. The molecule has 1 aliphatic heterocycles. The fraction of sp³-hybridized carbons (Fsp3) is 0.667. The lowest BCUT2D eigenvalue weighted by molar-refractivity contribution is 0.291. The molecule has 5 nitrogen and oxygen atoms in total. The van der Waals surface area contributed by atoms with Crippen LogP contribution in [0.4, 0.5) is 0 Å². The maximum atomic E-state index is 4.73. The first-order valence-electron chi connectivity index (χ1n) is 8.92. The van der Waals surface area contributed by atoms with Crippen LogP contribution in [0.3, 0.4) is 0 Å². The van der Waals surface area contributed by atoms with Crippen molar-refractivity contribution in [1.82, 2.24) is 20.5 Å². The van der Waals surface area contributed by atoms with Crippen molar-refractivity contribution in [1.29, 1.82) is 0 Å².